The number of halogens is 2. The molecule has 132 valence electrons. The Hall–Kier alpha value is -3.55. The minimum atomic E-state index is -0.726. The molecule has 0 amide bonds. The Bertz CT molecular complexity index is 980. The molecule has 1 N–H and O–H groups in total. The van der Waals surface area contributed by atoms with Gasteiger partial charge in [-0.1, -0.05) is 0 Å². The third kappa shape index (κ3) is 3.75. The molecule has 0 aliphatic heterocycles. The molecule has 6 nitrogen and oxygen atoms in total. The van der Waals surface area contributed by atoms with E-state index in [1.807, 2.05) is 0 Å². The summed E-state index contributed by atoms with van der Waals surface area (Å²) in [5, 5.41) is 13.8. The SMILES string of the molecule is COc1cc(F)ccc1-c1cc(Nc2cc(F)cc([N+](=O)[O-])c2)ccn1. The predicted molar refractivity (Wildman–Crippen MR) is 92.5 cm³/mol. The van der Waals surface area contributed by atoms with Crippen LogP contribution >= 0.6 is 0 Å². The summed E-state index contributed by atoms with van der Waals surface area (Å²) in [7, 11) is 1.42. The van der Waals surface area contributed by atoms with E-state index in [4.69, 9.17) is 4.74 Å². The van der Waals surface area contributed by atoms with E-state index >= 15 is 0 Å². The van der Waals surface area contributed by atoms with Crippen LogP contribution in [0.25, 0.3) is 11.3 Å². The number of non-ortho nitro benzene ring substituents is 1. The minimum Gasteiger partial charge on any atom is -0.496 e. The van der Waals surface area contributed by atoms with E-state index < -0.39 is 16.6 Å². The summed E-state index contributed by atoms with van der Waals surface area (Å²) >= 11 is 0. The summed E-state index contributed by atoms with van der Waals surface area (Å²) in [6, 6.07) is 10.5. The molecule has 0 aliphatic carbocycles. The van der Waals surface area contributed by atoms with Gasteiger partial charge in [0.25, 0.3) is 5.69 Å². The number of hydrogen-bond acceptors (Lipinski definition) is 5. The average Bonchev–Trinajstić information content (AvgIpc) is 2.61. The Morgan fingerprint density at radius 1 is 1.04 bits per heavy atom. The molecule has 3 rings (SSSR count). The molecule has 0 saturated heterocycles. The molecule has 0 aliphatic rings. The first-order valence-electron chi connectivity index (χ1n) is 7.48. The first-order valence-corrected chi connectivity index (χ1v) is 7.48. The maximum absolute atomic E-state index is 13.6. The highest BCUT2D eigenvalue weighted by Crippen LogP contribution is 2.31. The van der Waals surface area contributed by atoms with E-state index in [0.717, 1.165) is 12.1 Å². The highest BCUT2D eigenvalue weighted by molar-refractivity contribution is 5.72. The van der Waals surface area contributed by atoms with E-state index in [0.29, 0.717) is 22.7 Å². The maximum atomic E-state index is 13.6. The van der Waals surface area contributed by atoms with Crippen molar-refractivity contribution in [2.75, 3.05) is 12.4 Å². The molecule has 0 unspecified atom stereocenters. The van der Waals surface area contributed by atoms with Gasteiger partial charge in [-0.25, -0.2) is 8.78 Å². The minimum absolute atomic E-state index is 0.222. The molecule has 2 aromatic carbocycles. The largest absolute Gasteiger partial charge is 0.496 e. The van der Waals surface area contributed by atoms with E-state index in [2.05, 4.69) is 10.3 Å². The Labute approximate surface area is 147 Å². The zero-order chi connectivity index (χ0) is 18.7. The van der Waals surface area contributed by atoms with Crippen LogP contribution in [0.5, 0.6) is 5.75 Å². The molecule has 0 radical (unpaired) electrons. The number of pyridine rings is 1. The van der Waals surface area contributed by atoms with Crippen molar-refractivity contribution in [3.05, 3.63) is 76.5 Å². The van der Waals surface area contributed by atoms with Crippen molar-refractivity contribution in [3.63, 3.8) is 0 Å². The lowest BCUT2D eigenvalue weighted by Gasteiger charge is -2.11. The molecule has 0 bridgehead atoms. The number of ether oxygens (including phenoxy) is 1. The van der Waals surface area contributed by atoms with Crippen LogP contribution in [-0.4, -0.2) is 17.0 Å². The second-order valence-corrected chi connectivity index (χ2v) is 5.35. The number of aromatic nitrogens is 1. The molecule has 0 spiro atoms. The van der Waals surface area contributed by atoms with Gasteiger partial charge in [-0.05, 0) is 30.3 Å². The highest BCUT2D eigenvalue weighted by atomic mass is 19.1. The van der Waals surface area contributed by atoms with E-state index in [1.54, 1.807) is 12.1 Å². The Morgan fingerprint density at radius 3 is 2.58 bits per heavy atom. The topological polar surface area (TPSA) is 77.3 Å². The van der Waals surface area contributed by atoms with Crippen LogP contribution in [0.3, 0.4) is 0 Å². The molecule has 26 heavy (non-hydrogen) atoms. The van der Waals surface area contributed by atoms with Gasteiger partial charge < -0.3 is 10.1 Å². The van der Waals surface area contributed by atoms with Crippen LogP contribution in [0.15, 0.2) is 54.7 Å². The summed E-state index contributed by atoms with van der Waals surface area (Å²) in [4.78, 5) is 14.4. The zero-order valence-corrected chi connectivity index (χ0v) is 13.6. The third-order valence-electron chi connectivity index (χ3n) is 3.58. The lowest BCUT2D eigenvalue weighted by molar-refractivity contribution is -0.385. The van der Waals surface area contributed by atoms with Crippen molar-refractivity contribution in [2.45, 2.75) is 0 Å². The fraction of sp³-hybridized carbons (Fsp3) is 0.0556. The fourth-order valence-electron chi connectivity index (χ4n) is 2.45. The van der Waals surface area contributed by atoms with Gasteiger partial charge in [0.2, 0.25) is 0 Å². The summed E-state index contributed by atoms with van der Waals surface area (Å²) in [6.45, 7) is 0. The van der Waals surface area contributed by atoms with Crippen molar-refractivity contribution in [1.29, 1.82) is 0 Å². The van der Waals surface area contributed by atoms with Gasteiger partial charge in [-0.3, -0.25) is 15.1 Å². The number of hydrogen-bond donors (Lipinski definition) is 1. The summed E-state index contributed by atoms with van der Waals surface area (Å²) in [6.07, 6.45) is 1.51. The van der Waals surface area contributed by atoms with Gasteiger partial charge in [0.1, 0.15) is 17.4 Å². The lowest BCUT2D eigenvalue weighted by Crippen LogP contribution is -1.96. The smallest absolute Gasteiger partial charge is 0.274 e. The number of nitro groups is 1. The number of nitrogens with zero attached hydrogens (tertiary/aromatic N) is 2. The van der Waals surface area contributed by atoms with Crippen LogP contribution < -0.4 is 10.1 Å². The fourth-order valence-corrected chi connectivity index (χ4v) is 2.45. The van der Waals surface area contributed by atoms with Gasteiger partial charge in [-0.15, -0.1) is 0 Å². The molecule has 3 aromatic rings. The van der Waals surface area contributed by atoms with E-state index in [9.17, 15) is 18.9 Å². The Morgan fingerprint density at radius 2 is 1.85 bits per heavy atom. The van der Waals surface area contributed by atoms with Crippen molar-refractivity contribution in [2.24, 2.45) is 0 Å². The van der Waals surface area contributed by atoms with Crippen LogP contribution in [0.4, 0.5) is 25.8 Å². The Kier molecular flexibility index (Phi) is 4.74. The standard InChI is InChI=1S/C18H13F2N3O3/c1-26-18-8-11(19)2-3-16(18)17-10-13(4-5-21-17)22-14-6-12(20)7-15(9-14)23(24)25/h2-10H,1H3,(H,21,22). The maximum Gasteiger partial charge on any atom is 0.274 e. The molecule has 1 heterocycles. The van der Waals surface area contributed by atoms with Crippen molar-refractivity contribution in [3.8, 4) is 17.0 Å². The van der Waals surface area contributed by atoms with Crippen molar-refractivity contribution in [1.82, 2.24) is 4.98 Å². The summed E-state index contributed by atoms with van der Waals surface area (Å²) in [5.41, 5.74) is 1.46. The molecule has 0 saturated carbocycles. The van der Waals surface area contributed by atoms with Gasteiger partial charge in [0.05, 0.1) is 23.8 Å². The monoisotopic (exact) mass is 357 g/mol. The number of anilines is 2. The first kappa shape index (κ1) is 17.3. The van der Waals surface area contributed by atoms with Gasteiger partial charge >= 0.3 is 0 Å². The first-order chi connectivity index (χ1) is 12.5. The Balaban J connectivity index is 1.95. The molecular weight excluding hydrogens is 344 g/mol. The molecule has 1 aromatic heterocycles. The summed E-state index contributed by atoms with van der Waals surface area (Å²) in [5.74, 6) is -0.848. The number of nitrogens with one attached hydrogen (secondary N) is 1. The average molecular weight is 357 g/mol. The van der Waals surface area contributed by atoms with Crippen LogP contribution in [0.1, 0.15) is 0 Å². The predicted octanol–water partition coefficient (Wildman–Crippen LogP) is 4.69. The highest BCUT2D eigenvalue weighted by Gasteiger charge is 2.12. The van der Waals surface area contributed by atoms with Crippen molar-refractivity contribution >= 4 is 17.1 Å². The molecular formula is C18H13F2N3O3. The van der Waals surface area contributed by atoms with Crippen LogP contribution in [0, 0.1) is 21.7 Å². The molecule has 0 atom stereocenters. The number of benzene rings is 2. The quantitative estimate of drug-likeness (QED) is 0.530. The van der Waals surface area contributed by atoms with Gasteiger partial charge in [0.15, 0.2) is 0 Å². The summed E-state index contributed by atoms with van der Waals surface area (Å²) < 4.78 is 32.1. The molecule has 8 heteroatoms. The number of rotatable bonds is 5. The normalized spacial score (nSPS) is 10.4. The lowest BCUT2D eigenvalue weighted by atomic mass is 10.1. The number of methoxy groups -OCH3 is 1. The second kappa shape index (κ2) is 7.14. The van der Waals surface area contributed by atoms with Crippen LogP contribution in [-0.2, 0) is 0 Å². The zero-order valence-electron chi connectivity index (χ0n) is 13.6. The van der Waals surface area contributed by atoms with Crippen LogP contribution in [0.2, 0.25) is 0 Å². The van der Waals surface area contributed by atoms with E-state index in [1.165, 1.54) is 37.6 Å². The number of nitro benzene ring substituents is 1. The van der Waals surface area contributed by atoms with Gasteiger partial charge in [0, 0.05) is 35.3 Å². The second-order valence-electron chi connectivity index (χ2n) is 5.35. The van der Waals surface area contributed by atoms with E-state index in [-0.39, 0.29) is 11.4 Å². The molecule has 0 fully saturated rings. The van der Waals surface area contributed by atoms with Gasteiger partial charge in [-0.2, -0.15) is 0 Å². The van der Waals surface area contributed by atoms with Crippen molar-refractivity contribution < 1.29 is 18.4 Å². The third-order valence-corrected chi connectivity index (χ3v) is 3.58.